The van der Waals surface area contributed by atoms with Crippen LogP contribution in [0.15, 0.2) is 47.4 Å². The van der Waals surface area contributed by atoms with Crippen molar-refractivity contribution in [3.63, 3.8) is 0 Å². The van der Waals surface area contributed by atoms with E-state index in [1.54, 1.807) is 16.7 Å². The molecule has 0 N–H and O–H groups in total. The summed E-state index contributed by atoms with van der Waals surface area (Å²) in [6.45, 7) is 3.40. The highest BCUT2D eigenvalue weighted by Crippen LogP contribution is 2.34. The number of amides is 1. The maximum absolute atomic E-state index is 13.4. The average molecular weight is 420 g/mol. The highest BCUT2D eigenvalue weighted by molar-refractivity contribution is 7.99. The van der Waals surface area contributed by atoms with Crippen LogP contribution in [0.4, 0.5) is 5.13 Å². The van der Waals surface area contributed by atoms with E-state index >= 15 is 0 Å². The van der Waals surface area contributed by atoms with Gasteiger partial charge in [0.05, 0.1) is 15.3 Å². The van der Waals surface area contributed by atoms with Crippen molar-refractivity contribution >= 4 is 56.0 Å². The van der Waals surface area contributed by atoms with Gasteiger partial charge in [0.2, 0.25) is 0 Å². The van der Waals surface area contributed by atoms with Crippen molar-refractivity contribution in [1.82, 2.24) is 9.88 Å². The first-order valence-electron chi connectivity index (χ1n) is 8.74. The molecular formula is C20H22ClN3OS2. The average Bonchev–Trinajstić information content (AvgIpc) is 3.07. The molecule has 0 saturated heterocycles. The lowest BCUT2D eigenvalue weighted by Gasteiger charge is -2.23. The molecule has 0 fully saturated rings. The lowest BCUT2D eigenvalue weighted by molar-refractivity contribution is 0.0982. The van der Waals surface area contributed by atoms with Gasteiger partial charge in [-0.15, -0.1) is 11.8 Å². The van der Waals surface area contributed by atoms with Crippen LogP contribution in [-0.4, -0.2) is 48.7 Å². The molecule has 142 valence electrons. The fourth-order valence-electron chi connectivity index (χ4n) is 2.67. The molecule has 1 aromatic heterocycles. The molecule has 0 radical (unpaired) electrons. The quantitative estimate of drug-likeness (QED) is 0.489. The smallest absolute Gasteiger partial charge is 0.261 e. The summed E-state index contributed by atoms with van der Waals surface area (Å²) in [5.74, 6) is 0.891. The van der Waals surface area contributed by atoms with Crippen molar-refractivity contribution in [3.8, 4) is 0 Å². The molecule has 0 aliphatic carbocycles. The predicted molar refractivity (Wildman–Crippen MR) is 118 cm³/mol. The van der Waals surface area contributed by atoms with Gasteiger partial charge in [0, 0.05) is 18.0 Å². The number of thiazole rings is 1. The van der Waals surface area contributed by atoms with Gasteiger partial charge < -0.3 is 4.90 Å². The Morgan fingerprint density at radius 3 is 2.63 bits per heavy atom. The number of benzene rings is 2. The lowest BCUT2D eigenvalue weighted by Crippen LogP contribution is -2.37. The van der Waals surface area contributed by atoms with E-state index in [2.05, 4.69) is 16.8 Å². The molecule has 0 bridgehead atoms. The van der Waals surface area contributed by atoms with Crippen molar-refractivity contribution in [2.45, 2.75) is 11.8 Å². The molecule has 7 heteroatoms. The van der Waals surface area contributed by atoms with Crippen LogP contribution < -0.4 is 4.90 Å². The van der Waals surface area contributed by atoms with E-state index in [0.717, 1.165) is 27.4 Å². The number of carbonyl (C=O) groups is 1. The molecule has 1 amide bonds. The molecule has 3 rings (SSSR count). The summed E-state index contributed by atoms with van der Waals surface area (Å²) in [6.07, 6.45) is 0. The standard InChI is InChI=1S/C20H22ClN3OS2/c1-4-26-16-10-6-5-8-14(16)19(25)24(13-12-23(2)3)20-22-18-15(21)9-7-11-17(18)27-20/h5-11H,4,12-13H2,1-3H3. The first kappa shape index (κ1) is 20.1. The van der Waals surface area contributed by atoms with E-state index in [1.165, 1.54) is 11.3 Å². The van der Waals surface area contributed by atoms with E-state index < -0.39 is 0 Å². The fraction of sp³-hybridized carbons (Fsp3) is 0.300. The highest BCUT2D eigenvalue weighted by atomic mass is 35.5. The van der Waals surface area contributed by atoms with Crippen LogP contribution in [0, 0.1) is 0 Å². The van der Waals surface area contributed by atoms with Gasteiger partial charge in [0.15, 0.2) is 5.13 Å². The summed E-state index contributed by atoms with van der Waals surface area (Å²) in [5, 5.41) is 1.29. The number of hydrogen-bond donors (Lipinski definition) is 0. The number of nitrogens with zero attached hydrogens (tertiary/aromatic N) is 3. The Morgan fingerprint density at radius 1 is 1.15 bits per heavy atom. The molecule has 0 aliphatic rings. The highest BCUT2D eigenvalue weighted by Gasteiger charge is 2.23. The van der Waals surface area contributed by atoms with E-state index in [1.807, 2.05) is 56.6 Å². The largest absolute Gasteiger partial charge is 0.308 e. The number of aromatic nitrogens is 1. The number of halogens is 1. The van der Waals surface area contributed by atoms with Gasteiger partial charge in [-0.1, -0.05) is 48.1 Å². The summed E-state index contributed by atoms with van der Waals surface area (Å²) in [7, 11) is 4.00. The van der Waals surface area contributed by atoms with Crippen LogP contribution in [-0.2, 0) is 0 Å². The molecule has 1 heterocycles. The van der Waals surface area contributed by atoms with Gasteiger partial charge in [-0.2, -0.15) is 0 Å². The normalized spacial score (nSPS) is 11.3. The fourth-order valence-corrected chi connectivity index (χ4v) is 4.76. The van der Waals surface area contributed by atoms with Gasteiger partial charge in [0.1, 0.15) is 5.52 Å². The Kier molecular flexibility index (Phi) is 6.76. The van der Waals surface area contributed by atoms with Crippen LogP contribution in [0.1, 0.15) is 17.3 Å². The Hall–Kier alpha value is -1.60. The molecule has 27 heavy (non-hydrogen) atoms. The monoisotopic (exact) mass is 419 g/mol. The number of anilines is 1. The molecule has 0 unspecified atom stereocenters. The number of para-hydroxylation sites is 1. The summed E-state index contributed by atoms with van der Waals surface area (Å²) >= 11 is 9.47. The zero-order valence-corrected chi connectivity index (χ0v) is 18.0. The van der Waals surface area contributed by atoms with E-state index in [9.17, 15) is 4.79 Å². The van der Waals surface area contributed by atoms with Gasteiger partial charge in [-0.25, -0.2) is 4.98 Å². The number of hydrogen-bond acceptors (Lipinski definition) is 5. The summed E-state index contributed by atoms with van der Waals surface area (Å²) in [6, 6.07) is 13.5. The Bertz CT molecular complexity index is 942. The van der Waals surface area contributed by atoms with Crippen molar-refractivity contribution < 1.29 is 4.79 Å². The molecule has 2 aromatic carbocycles. The SMILES string of the molecule is CCSc1ccccc1C(=O)N(CCN(C)C)c1nc2c(Cl)cccc2s1. The number of likely N-dealkylation sites (N-methyl/N-ethyl adjacent to an activating group) is 1. The van der Waals surface area contributed by atoms with Crippen LogP contribution in [0.3, 0.4) is 0 Å². The van der Waals surface area contributed by atoms with Crippen LogP contribution in [0.25, 0.3) is 10.2 Å². The second kappa shape index (κ2) is 9.06. The first-order chi connectivity index (χ1) is 13.0. The summed E-state index contributed by atoms with van der Waals surface area (Å²) in [5.41, 5.74) is 1.46. The van der Waals surface area contributed by atoms with E-state index in [0.29, 0.717) is 22.3 Å². The molecule has 3 aromatic rings. The molecule has 0 spiro atoms. The van der Waals surface area contributed by atoms with E-state index in [-0.39, 0.29) is 5.91 Å². The predicted octanol–water partition coefficient (Wildman–Crippen LogP) is 5.27. The number of rotatable bonds is 7. The maximum atomic E-state index is 13.4. The van der Waals surface area contributed by atoms with Crippen LogP contribution in [0.5, 0.6) is 0 Å². The zero-order chi connectivity index (χ0) is 19.4. The molecule has 0 atom stereocenters. The van der Waals surface area contributed by atoms with Crippen LogP contribution in [0.2, 0.25) is 5.02 Å². The number of fused-ring (bicyclic) bond motifs is 1. The Balaban J connectivity index is 2.02. The third-order valence-electron chi connectivity index (χ3n) is 4.02. The maximum Gasteiger partial charge on any atom is 0.261 e. The Labute approximate surface area is 173 Å². The third-order valence-corrected chi connectivity index (χ3v) is 6.33. The molecular weight excluding hydrogens is 398 g/mol. The van der Waals surface area contributed by atoms with Gasteiger partial charge in [0.25, 0.3) is 5.91 Å². The van der Waals surface area contributed by atoms with Crippen molar-refractivity contribution in [2.75, 3.05) is 37.8 Å². The number of thioether (sulfide) groups is 1. The minimum atomic E-state index is -0.0245. The third kappa shape index (κ3) is 4.63. The lowest BCUT2D eigenvalue weighted by atomic mass is 10.2. The topological polar surface area (TPSA) is 36.4 Å². The number of carbonyl (C=O) groups excluding carboxylic acids is 1. The van der Waals surface area contributed by atoms with Crippen molar-refractivity contribution in [2.24, 2.45) is 0 Å². The van der Waals surface area contributed by atoms with Crippen molar-refractivity contribution in [1.29, 1.82) is 0 Å². The van der Waals surface area contributed by atoms with Gasteiger partial charge in [-0.3, -0.25) is 9.69 Å². The molecule has 0 saturated carbocycles. The van der Waals surface area contributed by atoms with E-state index in [4.69, 9.17) is 11.6 Å². The summed E-state index contributed by atoms with van der Waals surface area (Å²) in [4.78, 5) is 23.0. The van der Waals surface area contributed by atoms with Gasteiger partial charge >= 0.3 is 0 Å². The minimum Gasteiger partial charge on any atom is -0.308 e. The second-order valence-electron chi connectivity index (χ2n) is 6.27. The van der Waals surface area contributed by atoms with Gasteiger partial charge in [-0.05, 0) is 44.1 Å². The zero-order valence-electron chi connectivity index (χ0n) is 15.6. The minimum absolute atomic E-state index is 0.0245. The van der Waals surface area contributed by atoms with Crippen LogP contribution >= 0.6 is 34.7 Å². The van der Waals surface area contributed by atoms with Crippen molar-refractivity contribution in [3.05, 3.63) is 53.1 Å². The Morgan fingerprint density at radius 2 is 1.93 bits per heavy atom. The first-order valence-corrected chi connectivity index (χ1v) is 10.9. The molecule has 0 aliphatic heterocycles. The molecule has 4 nitrogen and oxygen atoms in total. The summed E-state index contributed by atoms with van der Waals surface area (Å²) < 4.78 is 0.983. The second-order valence-corrected chi connectivity index (χ2v) is 8.99.